The molecule has 0 unspecified atom stereocenters. The van der Waals surface area contributed by atoms with Crippen LogP contribution in [0.15, 0.2) is 18.2 Å². The van der Waals surface area contributed by atoms with Crippen LogP contribution in [0.4, 0.5) is 0 Å². The number of nitrogens with one attached hydrogen (secondary N) is 1. The van der Waals surface area contributed by atoms with E-state index < -0.39 is 0 Å². The summed E-state index contributed by atoms with van der Waals surface area (Å²) in [6, 6.07) is 5.78. The van der Waals surface area contributed by atoms with Gasteiger partial charge in [-0.3, -0.25) is 0 Å². The Kier molecular flexibility index (Phi) is 4.04. The number of morpholine rings is 1. The van der Waals surface area contributed by atoms with Crippen molar-refractivity contribution in [2.45, 2.75) is 6.54 Å². The van der Waals surface area contributed by atoms with Crippen molar-refractivity contribution in [3.8, 4) is 5.75 Å². The molecule has 1 aliphatic rings. The standard InChI is InChI=1S/C12H16ClNO2/c1-15-12-3-2-11(13)8-10(12)9-14-4-6-16-7-5-14/h2-3,8H,4-7,9H2,1H3/p+1. The fourth-order valence-electron chi connectivity index (χ4n) is 1.99. The lowest BCUT2D eigenvalue weighted by molar-refractivity contribution is -0.921. The van der Waals surface area contributed by atoms with E-state index in [4.69, 9.17) is 21.1 Å². The van der Waals surface area contributed by atoms with Gasteiger partial charge in [-0.1, -0.05) is 11.6 Å². The Hall–Kier alpha value is -0.770. The van der Waals surface area contributed by atoms with Gasteiger partial charge in [0.05, 0.1) is 20.3 Å². The number of hydrogen-bond donors (Lipinski definition) is 1. The van der Waals surface area contributed by atoms with Crippen molar-refractivity contribution < 1.29 is 14.4 Å². The van der Waals surface area contributed by atoms with Gasteiger partial charge in [-0.25, -0.2) is 0 Å². The van der Waals surface area contributed by atoms with Crippen LogP contribution in [-0.4, -0.2) is 33.4 Å². The number of halogens is 1. The van der Waals surface area contributed by atoms with E-state index in [1.165, 1.54) is 10.5 Å². The molecule has 0 bridgehead atoms. The van der Waals surface area contributed by atoms with E-state index in [-0.39, 0.29) is 0 Å². The van der Waals surface area contributed by atoms with Gasteiger partial charge in [-0.2, -0.15) is 0 Å². The maximum Gasteiger partial charge on any atom is 0.127 e. The molecule has 2 rings (SSSR count). The minimum Gasteiger partial charge on any atom is -0.496 e. The Morgan fingerprint density at radius 1 is 1.38 bits per heavy atom. The van der Waals surface area contributed by atoms with Crippen molar-refractivity contribution in [3.63, 3.8) is 0 Å². The minimum atomic E-state index is 0.767. The van der Waals surface area contributed by atoms with Crippen LogP contribution in [0.5, 0.6) is 5.75 Å². The lowest BCUT2D eigenvalue weighted by Gasteiger charge is -2.24. The van der Waals surface area contributed by atoms with E-state index in [9.17, 15) is 0 Å². The Labute approximate surface area is 101 Å². The number of hydrogen-bond acceptors (Lipinski definition) is 2. The summed E-state index contributed by atoms with van der Waals surface area (Å²) in [6.45, 7) is 4.74. The zero-order valence-corrected chi connectivity index (χ0v) is 10.2. The molecular formula is C12H17ClNO2+. The highest BCUT2D eigenvalue weighted by molar-refractivity contribution is 6.30. The molecule has 1 aromatic rings. The maximum absolute atomic E-state index is 6.00. The van der Waals surface area contributed by atoms with Crippen molar-refractivity contribution >= 4 is 11.6 Å². The van der Waals surface area contributed by atoms with Gasteiger partial charge >= 0.3 is 0 Å². The van der Waals surface area contributed by atoms with Gasteiger partial charge in [0, 0.05) is 10.6 Å². The molecule has 1 aromatic carbocycles. The van der Waals surface area contributed by atoms with E-state index in [0.29, 0.717) is 0 Å². The topological polar surface area (TPSA) is 22.9 Å². The van der Waals surface area contributed by atoms with Crippen molar-refractivity contribution in [1.82, 2.24) is 0 Å². The molecule has 1 heterocycles. The zero-order valence-electron chi connectivity index (χ0n) is 9.46. The van der Waals surface area contributed by atoms with Gasteiger partial charge in [0.1, 0.15) is 25.4 Å². The summed E-state index contributed by atoms with van der Waals surface area (Å²) in [6.07, 6.45) is 0. The van der Waals surface area contributed by atoms with Crippen LogP contribution in [0.2, 0.25) is 5.02 Å². The molecule has 4 heteroatoms. The maximum atomic E-state index is 6.00. The summed E-state index contributed by atoms with van der Waals surface area (Å²) in [7, 11) is 1.70. The lowest BCUT2D eigenvalue weighted by atomic mass is 10.2. The third-order valence-corrected chi connectivity index (χ3v) is 3.12. The number of benzene rings is 1. The van der Waals surface area contributed by atoms with E-state index in [1.54, 1.807) is 7.11 Å². The average Bonchev–Trinajstić information content (AvgIpc) is 2.31. The highest BCUT2D eigenvalue weighted by atomic mass is 35.5. The molecule has 0 amide bonds. The Bertz CT molecular complexity index is 351. The van der Waals surface area contributed by atoms with Crippen molar-refractivity contribution in [2.24, 2.45) is 0 Å². The summed E-state index contributed by atoms with van der Waals surface area (Å²) in [5.41, 5.74) is 1.17. The van der Waals surface area contributed by atoms with Gasteiger partial charge in [0.15, 0.2) is 0 Å². The Morgan fingerprint density at radius 3 is 2.81 bits per heavy atom. The first kappa shape index (κ1) is 11.7. The minimum absolute atomic E-state index is 0.767. The molecule has 88 valence electrons. The smallest absolute Gasteiger partial charge is 0.127 e. The molecule has 1 aliphatic heterocycles. The zero-order chi connectivity index (χ0) is 11.4. The van der Waals surface area contributed by atoms with Gasteiger partial charge < -0.3 is 14.4 Å². The second-order valence-electron chi connectivity index (χ2n) is 4.00. The van der Waals surface area contributed by atoms with Crippen molar-refractivity contribution in [1.29, 1.82) is 0 Å². The van der Waals surface area contributed by atoms with Crippen LogP contribution in [0.1, 0.15) is 5.56 Å². The van der Waals surface area contributed by atoms with Crippen LogP contribution in [0, 0.1) is 0 Å². The summed E-state index contributed by atoms with van der Waals surface area (Å²) in [5, 5.41) is 0.767. The quantitative estimate of drug-likeness (QED) is 0.846. The summed E-state index contributed by atoms with van der Waals surface area (Å²) in [5.74, 6) is 0.920. The largest absolute Gasteiger partial charge is 0.496 e. The molecule has 1 fully saturated rings. The Balaban J connectivity index is 2.09. The van der Waals surface area contributed by atoms with Crippen LogP contribution in [0.3, 0.4) is 0 Å². The first-order valence-electron chi connectivity index (χ1n) is 5.53. The lowest BCUT2D eigenvalue weighted by Crippen LogP contribution is -3.12. The molecule has 0 saturated carbocycles. The van der Waals surface area contributed by atoms with E-state index in [0.717, 1.165) is 43.6 Å². The second kappa shape index (κ2) is 5.53. The highest BCUT2D eigenvalue weighted by Crippen LogP contribution is 2.21. The Morgan fingerprint density at radius 2 is 2.12 bits per heavy atom. The first-order chi connectivity index (χ1) is 7.79. The molecule has 3 nitrogen and oxygen atoms in total. The number of rotatable bonds is 3. The number of quaternary nitrogens is 1. The summed E-state index contributed by atoms with van der Waals surface area (Å²) >= 11 is 6.00. The predicted molar refractivity (Wildman–Crippen MR) is 63.2 cm³/mol. The summed E-state index contributed by atoms with van der Waals surface area (Å²) < 4.78 is 10.7. The molecule has 1 saturated heterocycles. The van der Waals surface area contributed by atoms with Gasteiger partial charge in [-0.15, -0.1) is 0 Å². The van der Waals surface area contributed by atoms with Gasteiger partial charge in [0.25, 0.3) is 0 Å². The molecule has 0 aromatic heterocycles. The van der Waals surface area contributed by atoms with Crippen LogP contribution in [-0.2, 0) is 11.3 Å². The van der Waals surface area contributed by atoms with Crippen LogP contribution >= 0.6 is 11.6 Å². The molecule has 0 spiro atoms. The fraction of sp³-hybridized carbons (Fsp3) is 0.500. The molecule has 1 N–H and O–H groups in total. The van der Waals surface area contributed by atoms with Crippen molar-refractivity contribution in [2.75, 3.05) is 33.4 Å². The van der Waals surface area contributed by atoms with E-state index in [1.807, 2.05) is 18.2 Å². The summed E-state index contributed by atoms with van der Waals surface area (Å²) in [4.78, 5) is 1.52. The van der Waals surface area contributed by atoms with Crippen LogP contribution < -0.4 is 9.64 Å². The van der Waals surface area contributed by atoms with Gasteiger partial charge in [0.2, 0.25) is 0 Å². The fourth-order valence-corrected chi connectivity index (χ4v) is 2.19. The molecule has 0 radical (unpaired) electrons. The monoisotopic (exact) mass is 242 g/mol. The predicted octanol–water partition coefficient (Wildman–Crippen LogP) is 0.764. The average molecular weight is 243 g/mol. The van der Waals surface area contributed by atoms with Crippen molar-refractivity contribution in [3.05, 3.63) is 28.8 Å². The van der Waals surface area contributed by atoms with Crippen LogP contribution in [0.25, 0.3) is 0 Å². The highest BCUT2D eigenvalue weighted by Gasteiger charge is 2.16. The molecular weight excluding hydrogens is 226 g/mol. The second-order valence-corrected chi connectivity index (χ2v) is 4.43. The number of ether oxygens (including phenoxy) is 2. The normalized spacial score (nSPS) is 17.4. The number of methoxy groups -OCH3 is 1. The van der Waals surface area contributed by atoms with Gasteiger partial charge in [-0.05, 0) is 18.2 Å². The van der Waals surface area contributed by atoms with E-state index >= 15 is 0 Å². The molecule has 16 heavy (non-hydrogen) atoms. The molecule has 0 aliphatic carbocycles. The third-order valence-electron chi connectivity index (χ3n) is 2.88. The SMILES string of the molecule is COc1ccc(Cl)cc1C[NH+]1CCOCC1. The molecule has 0 atom stereocenters. The first-order valence-corrected chi connectivity index (χ1v) is 5.91. The third kappa shape index (κ3) is 2.88. The van der Waals surface area contributed by atoms with E-state index in [2.05, 4.69) is 0 Å².